The first-order chi connectivity index (χ1) is 4.83. The lowest BCUT2D eigenvalue weighted by atomic mass is 10.4. The molecule has 1 amide bonds. The van der Waals surface area contributed by atoms with Crippen LogP contribution < -0.4 is 5.32 Å². The molecule has 4 nitrogen and oxygen atoms in total. The van der Waals surface area contributed by atoms with Crippen molar-refractivity contribution in [3.63, 3.8) is 0 Å². The van der Waals surface area contributed by atoms with E-state index in [0.717, 1.165) is 6.54 Å². The normalized spacial score (nSPS) is 21.9. The molecule has 10 heavy (non-hydrogen) atoms. The van der Waals surface area contributed by atoms with Gasteiger partial charge in [-0.25, -0.2) is 0 Å². The zero-order valence-corrected chi connectivity index (χ0v) is 5.84. The Morgan fingerprint density at radius 1 is 1.60 bits per heavy atom. The number of nitrogens with zero attached hydrogens (tertiary/aromatic N) is 1. The number of hydrogen-bond donors (Lipinski definition) is 2. The van der Waals surface area contributed by atoms with Gasteiger partial charge in [0.05, 0.1) is 6.73 Å². The Morgan fingerprint density at radius 3 is 3.10 bits per heavy atom. The molecular formula is C6H12N2O2. The van der Waals surface area contributed by atoms with E-state index in [1.165, 1.54) is 0 Å². The highest BCUT2D eigenvalue weighted by Gasteiger charge is 2.10. The molecule has 0 aromatic carbocycles. The lowest BCUT2D eigenvalue weighted by Gasteiger charge is -2.13. The number of nitrogens with one attached hydrogen (secondary N) is 1. The standard InChI is InChI=1S/C6H12N2O2/c9-5-8-3-1-6(10)7-2-4-8/h9H,1-5H2,(H,7,10). The van der Waals surface area contributed by atoms with E-state index >= 15 is 0 Å². The Kier molecular flexibility index (Phi) is 2.65. The van der Waals surface area contributed by atoms with Crippen LogP contribution in [0.4, 0.5) is 0 Å². The first kappa shape index (κ1) is 7.50. The van der Waals surface area contributed by atoms with Crippen molar-refractivity contribution in [1.82, 2.24) is 10.2 Å². The second-order valence-corrected chi connectivity index (χ2v) is 2.36. The molecule has 1 heterocycles. The molecule has 2 N–H and O–H groups in total. The molecule has 0 unspecified atom stereocenters. The zero-order valence-electron chi connectivity index (χ0n) is 5.84. The third kappa shape index (κ3) is 1.97. The minimum absolute atomic E-state index is 0.0506. The van der Waals surface area contributed by atoms with E-state index in [1.54, 1.807) is 0 Å². The molecule has 0 aromatic heterocycles. The molecule has 1 aliphatic heterocycles. The number of amides is 1. The lowest BCUT2D eigenvalue weighted by Crippen LogP contribution is -2.29. The lowest BCUT2D eigenvalue weighted by molar-refractivity contribution is -0.120. The quantitative estimate of drug-likeness (QED) is 0.484. The van der Waals surface area contributed by atoms with Crippen LogP contribution in [0.2, 0.25) is 0 Å². The van der Waals surface area contributed by atoms with Gasteiger partial charge < -0.3 is 10.4 Å². The first-order valence-electron chi connectivity index (χ1n) is 3.43. The molecule has 1 saturated heterocycles. The van der Waals surface area contributed by atoms with E-state index in [4.69, 9.17) is 5.11 Å². The summed E-state index contributed by atoms with van der Waals surface area (Å²) in [5.41, 5.74) is 0. The molecular weight excluding hydrogens is 132 g/mol. The molecule has 0 saturated carbocycles. The topological polar surface area (TPSA) is 52.6 Å². The summed E-state index contributed by atoms with van der Waals surface area (Å²) in [6.07, 6.45) is 0.501. The smallest absolute Gasteiger partial charge is 0.221 e. The Morgan fingerprint density at radius 2 is 2.40 bits per heavy atom. The number of carbonyl (C=O) groups is 1. The predicted octanol–water partition coefficient (Wildman–Crippen LogP) is -1.24. The Hall–Kier alpha value is -0.610. The molecule has 0 aliphatic carbocycles. The van der Waals surface area contributed by atoms with Crippen molar-refractivity contribution < 1.29 is 9.90 Å². The van der Waals surface area contributed by atoms with Crippen LogP contribution in [0.3, 0.4) is 0 Å². The van der Waals surface area contributed by atoms with Gasteiger partial charge >= 0.3 is 0 Å². The average molecular weight is 144 g/mol. The fourth-order valence-corrected chi connectivity index (χ4v) is 0.955. The molecule has 0 atom stereocenters. The van der Waals surface area contributed by atoms with E-state index < -0.39 is 0 Å². The fourth-order valence-electron chi connectivity index (χ4n) is 0.955. The van der Waals surface area contributed by atoms with Gasteiger partial charge in [-0.1, -0.05) is 0 Å². The maximum atomic E-state index is 10.7. The van der Waals surface area contributed by atoms with Crippen LogP contribution in [0, 0.1) is 0 Å². The van der Waals surface area contributed by atoms with Crippen LogP contribution in [-0.2, 0) is 4.79 Å². The van der Waals surface area contributed by atoms with Crippen LogP contribution >= 0.6 is 0 Å². The summed E-state index contributed by atoms with van der Waals surface area (Å²) in [7, 11) is 0. The van der Waals surface area contributed by atoms with Gasteiger partial charge in [0, 0.05) is 26.1 Å². The second-order valence-electron chi connectivity index (χ2n) is 2.36. The Labute approximate surface area is 59.8 Å². The van der Waals surface area contributed by atoms with E-state index in [1.807, 2.05) is 4.90 Å². The maximum Gasteiger partial charge on any atom is 0.221 e. The fraction of sp³-hybridized carbons (Fsp3) is 0.833. The van der Waals surface area contributed by atoms with E-state index in [9.17, 15) is 4.79 Å². The summed E-state index contributed by atoms with van der Waals surface area (Å²) in [4.78, 5) is 12.6. The molecule has 0 aromatic rings. The molecule has 1 rings (SSSR count). The summed E-state index contributed by atoms with van der Waals surface area (Å²) >= 11 is 0. The molecule has 1 aliphatic rings. The number of hydrogen-bond acceptors (Lipinski definition) is 3. The van der Waals surface area contributed by atoms with Crippen molar-refractivity contribution in [2.24, 2.45) is 0 Å². The van der Waals surface area contributed by atoms with Gasteiger partial charge in [-0.2, -0.15) is 0 Å². The van der Waals surface area contributed by atoms with Crippen molar-refractivity contribution in [2.75, 3.05) is 26.4 Å². The van der Waals surface area contributed by atoms with Crippen molar-refractivity contribution in [2.45, 2.75) is 6.42 Å². The maximum absolute atomic E-state index is 10.7. The van der Waals surface area contributed by atoms with Gasteiger partial charge in [0.15, 0.2) is 0 Å². The minimum atomic E-state index is 0.0506. The molecule has 1 fully saturated rings. The molecule has 0 spiro atoms. The average Bonchev–Trinajstić information content (AvgIpc) is 2.14. The molecule has 0 radical (unpaired) electrons. The van der Waals surface area contributed by atoms with E-state index in [2.05, 4.69) is 5.32 Å². The van der Waals surface area contributed by atoms with Crippen LogP contribution in [0.15, 0.2) is 0 Å². The SMILES string of the molecule is O=C1CCN(CO)CCN1. The Bertz CT molecular complexity index is 127. The van der Waals surface area contributed by atoms with Gasteiger partial charge in [0.25, 0.3) is 0 Å². The van der Waals surface area contributed by atoms with Gasteiger partial charge in [-0.3, -0.25) is 9.69 Å². The largest absolute Gasteiger partial charge is 0.381 e. The first-order valence-corrected chi connectivity index (χ1v) is 3.43. The van der Waals surface area contributed by atoms with Crippen molar-refractivity contribution in [1.29, 1.82) is 0 Å². The minimum Gasteiger partial charge on any atom is -0.381 e. The van der Waals surface area contributed by atoms with Crippen molar-refractivity contribution >= 4 is 5.91 Å². The second kappa shape index (κ2) is 3.53. The Balaban J connectivity index is 2.33. The highest BCUT2D eigenvalue weighted by atomic mass is 16.3. The van der Waals surface area contributed by atoms with Crippen LogP contribution in [-0.4, -0.2) is 42.3 Å². The number of aliphatic hydroxyl groups excluding tert-OH is 1. The third-order valence-electron chi connectivity index (χ3n) is 1.61. The number of rotatable bonds is 1. The molecule has 4 heteroatoms. The van der Waals surface area contributed by atoms with Crippen molar-refractivity contribution in [3.8, 4) is 0 Å². The zero-order chi connectivity index (χ0) is 7.40. The van der Waals surface area contributed by atoms with Gasteiger partial charge in [0.2, 0.25) is 5.91 Å². The summed E-state index contributed by atoms with van der Waals surface area (Å²) in [6.45, 7) is 2.12. The summed E-state index contributed by atoms with van der Waals surface area (Å²) in [5, 5.41) is 11.4. The highest BCUT2D eigenvalue weighted by molar-refractivity contribution is 5.76. The molecule has 58 valence electrons. The van der Waals surface area contributed by atoms with Crippen molar-refractivity contribution in [3.05, 3.63) is 0 Å². The summed E-state index contributed by atoms with van der Waals surface area (Å²) < 4.78 is 0. The molecule has 0 bridgehead atoms. The van der Waals surface area contributed by atoms with Crippen LogP contribution in [0.5, 0.6) is 0 Å². The van der Waals surface area contributed by atoms with Crippen LogP contribution in [0.25, 0.3) is 0 Å². The predicted molar refractivity (Wildman–Crippen MR) is 36.3 cm³/mol. The van der Waals surface area contributed by atoms with Gasteiger partial charge in [-0.05, 0) is 0 Å². The van der Waals surface area contributed by atoms with E-state index in [-0.39, 0.29) is 12.6 Å². The number of aliphatic hydroxyl groups is 1. The third-order valence-corrected chi connectivity index (χ3v) is 1.61. The van der Waals surface area contributed by atoms with Gasteiger partial charge in [-0.15, -0.1) is 0 Å². The summed E-state index contributed by atoms with van der Waals surface area (Å²) in [5.74, 6) is 0.0796. The summed E-state index contributed by atoms with van der Waals surface area (Å²) in [6, 6.07) is 0. The van der Waals surface area contributed by atoms with Crippen LogP contribution in [0.1, 0.15) is 6.42 Å². The number of carbonyl (C=O) groups excluding carboxylic acids is 1. The van der Waals surface area contributed by atoms with Gasteiger partial charge in [0.1, 0.15) is 0 Å². The van der Waals surface area contributed by atoms with E-state index in [0.29, 0.717) is 19.5 Å². The highest BCUT2D eigenvalue weighted by Crippen LogP contribution is 1.93. The monoisotopic (exact) mass is 144 g/mol.